The molecule has 0 aliphatic carbocycles. The van der Waals surface area contributed by atoms with Crippen LogP contribution in [0.5, 0.6) is 0 Å². The van der Waals surface area contributed by atoms with E-state index in [0.29, 0.717) is 42.0 Å². The summed E-state index contributed by atoms with van der Waals surface area (Å²) >= 11 is 0. The van der Waals surface area contributed by atoms with Crippen LogP contribution in [0.25, 0.3) is 17.1 Å². The maximum atomic E-state index is 13.1. The lowest BCUT2D eigenvalue weighted by Gasteiger charge is -2.25. The van der Waals surface area contributed by atoms with Gasteiger partial charge in [0.25, 0.3) is 0 Å². The van der Waals surface area contributed by atoms with Crippen LogP contribution in [0, 0.1) is 0 Å². The van der Waals surface area contributed by atoms with Crippen molar-refractivity contribution in [1.82, 2.24) is 20.3 Å². The van der Waals surface area contributed by atoms with Gasteiger partial charge < -0.3 is 25.3 Å². The Balaban J connectivity index is 1.59. The molecule has 31 heavy (non-hydrogen) atoms. The predicted molar refractivity (Wildman–Crippen MR) is 107 cm³/mol. The van der Waals surface area contributed by atoms with Crippen molar-refractivity contribution in [2.75, 3.05) is 25.0 Å². The third-order valence-corrected chi connectivity index (χ3v) is 4.70. The molecule has 162 valence electrons. The second-order valence-electron chi connectivity index (χ2n) is 6.86. The molecule has 1 aliphatic heterocycles. The van der Waals surface area contributed by atoms with Crippen molar-refractivity contribution in [2.24, 2.45) is 0 Å². The van der Waals surface area contributed by atoms with Gasteiger partial charge in [-0.25, -0.2) is 9.78 Å². The van der Waals surface area contributed by atoms with Crippen molar-refractivity contribution in [1.29, 1.82) is 0 Å². The Morgan fingerprint density at radius 1 is 1.23 bits per heavy atom. The van der Waals surface area contributed by atoms with Gasteiger partial charge in [0.15, 0.2) is 0 Å². The summed E-state index contributed by atoms with van der Waals surface area (Å²) in [6.07, 6.45) is -2.69. The number of ether oxygens (including phenoxy) is 1. The molecule has 0 spiro atoms. The number of halogens is 3. The molecule has 1 fully saturated rings. The van der Waals surface area contributed by atoms with Gasteiger partial charge in [0.2, 0.25) is 5.91 Å². The van der Waals surface area contributed by atoms with Gasteiger partial charge in [-0.05, 0) is 29.8 Å². The SMILES string of the molecule is O=C(/C=C/c1ccc(C(F)(F)F)nc1C1CNCCO1)Nc1cccc2[nH]c(=O)[nH]c12. The number of imidazole rings is 1. The molecule has 3 heterocycles. The molecule has 4 N–H and O–H groups in total. The van der Waals surface area contributed by atoms with Gasteiger partial charge in [-0.1, -0.05) is 12.1 Å². The fourth-order valence-electron chi connectivity index (χ4n) is 3.29. The van der Waals surface area contributed by atoms with E-state index in [1.165, 1.54) is 18.2 Å². The number of hydrogen-bond donors (Lipinski definition) is 4. The number of carbonyl (C=O) groups excluding carboxylic acids is 1. The number of carbonyl (C=O) groups is 1. The second kappa shape index (κ2) is 8.36. The smallest absolute Gasteiger partial charge is 0.369 e. The van der Waals surface area contributed by atoms with Gasteiger partial charge in [-0.15, -0.1) is 0 Å². The van der Waals surface area contributed by atoms with Crippen LogP contribution in [0.3, 0.4) is 0 Å². The summed E-state index contributed by atoms with van der Waals surface area (Å²) in [5.74, 6) is -0.525. The van der Waals surface area contributed by atoms with E-state index in [-0.39, 0.29) is 5.69 Å². The highest BCUT2D eigenvalue weighted by molar-refractivity contribution is 6.06. The number of benzene rings is 1. The number of anilines is 1. The predicted octanol–water partition coefficient (Wildman–Crippen LogP) is 2.58. The molecule has 8 nitrogen and oxygen atoms in total. The highest BCUT2D eigenvalue weighted by Crippen LogP contribution is 2.31. The zero-order valence-electron chi connectivity index (χ0n) is 16.0. The minimum Gasteiger partial charge on any atom is -0.369 e. The first-order chi connectivity index (χ1) is 14.8. The third-order valence-electron chi connectivity index (χ3n) is 4.70. The third kappa shape index (κ3) is 4.67. The van der Waals surface area contributed by atoms with Crippen molar-refractivity contribution < 1.29 is 22.7 Å². The second-order valence-corrected chi connectivity index (χ2v) is 6.86. The summed E-state index contributed by atoms with van der Waals surface area (Å²) in [7, 11) is 0. The summed E-state index contributed by atoms with van der Waals surface area (Å²) in [5, 5.41) is 5.70. The largest absolute Gasteiger partial charge is 0.433 e. The van der Waals surface area contributed by atoms with Crippen LogP contribution in [0.2, 0.25) is 0 Å². The zero-order valence-corrected chi connectivity index (χ0v) is 16.0. The van der Waals surface area contributed by atoms with Crippen molar-refractivity contribution in [2.45, 2.75) is 12.3 Å². The number of nitrogens with zero attached hydrogens (tertiary/aromatic N) is 1. The van der Waals surface area contributed by atoms with Crippen LogP contribution >= 0.6 is 0 Å². The average molecular weight is 433 g/mol. The molecule has 4 rings (SSSR count). The zero-order chi connectivity index (χ0) is 22.0. The van der Waals surface area contributed by atoms with E-state index in [0.717, 1.165) is 6.07 Å². The Bertz CT molecular complexity index is 1190. The maximum absolute atomic E-state index is 13.1. The molecule has 0 radical (unpaired) electrons. The van der Waals surface area contributed by atoms with Crippen LogP contribution < -0.4 is 16.3 Å². The van der Waals surface area contributed by atoms with Crippen LogP contribution in [-0.4, -0.2) is 40.6 Å². The number of fused-ring (bicyclic) bond motifs is 1. The number of amides is 1. The fourth-order valence-corrected chi connectivity index (χ4v) is 3.29. The quantitative estimate of drug-likeness (QED) is 0.473. The Morgan fingerprint density at radius 3 is 2.81 bits per heavy atom. The standard InChI is InChI=1S/C20H18F3N5O3/c21-20(22,23)15-6-4-11(17(27-15)14-10-24-8-9-31-14)5-7-16(29)25-12-2-1-3-13-18(12)28-19(30)26-13/h1-7,14,24H,8-10H2,(H,25,29)(H2,26,28,30)/b7-5+. The molecule has 2 aromatic heterocycles. The number of aromatic nitrogens is 3. The maximum Gasteiger partial charge on any atom is 0.433 e. The first kappa shape index (κ1) is 20.8. The number of hydrogen-bond acceptors (Lipinski definition) is 5. The first-order valence-electron chi connectivity index (χ1n) is 9.42. The summed E-state index contributed by atoms with van der Waals surface area (Å²) in [6.45, 7) is 1.24. The Kier molecular flexibility index (Phi) is 5.61. The normalized spacial score (nSPS) is 17.3. The van der Waals surface area contributed by atoms with Crippen molar-refractivity contribution in [3.8, 4) is 0 Å². The molecule has 11 heteroatoms. The number of aromatic amines is 2. The van der Waals surface area contributed by atoms with E-state index in [4.69, 9.17) is 4.74 Å². The summed E-state index contributed by atoms with van der Waals surface area (Å²) in [4.78, 5) is 32.8. The monoisotopic (exact) mass is 433 g/mol. The molecule has 1 unspecified atom stereocenters. The minimum absolute atomic E-state index is 0.100. The number of morpholine rings is 1. The van der Waals surface area contributed by atoms with Gasteiger partial charge in [0.1, 0.15) is 11.8 Å². The average Bonchev–Trinajstić information content (AvgIpc) is 3.13. The lowest BCUT2D eigenvalue weighted by atomic mass is 10.1. The van der Waals surface area contributed by atoms with E-state index in [9.17, 15) is 22.8 Å². The molecule has 1 aliphatic rings. The molecule has 0 saturated carbocycles. The number of para-hydroxylation sites is 1. The van der Waals surface area contributed by atoms with Crippen LogP contribution in [-0.2, 0) is 15.7 Å². The number of H-pyrrole nitrogens is 2. The van der Waals surface area contributed by atoms with Crippen LogP contribution in [0.15, 0.2) is 41.2 Å². The molecule has 1 aromatic carbocycles. The Labute approximate surface area is 173 Å². The van der Waals surface area contributed by atoms with Gasteiger partial charge in [0, 0.05) is 19.2 Å². The fraction of sp³-hybridized carbons (Fsp3) is 0.250. The molecule has 1 saturated heterocycles. The Hall–Kier alpha value is -3.44. The van der Waals surface area contributed by atoms with Gasteiger partial charge in [-0.2, -0.15) is 13.2 Å². The van der Waals surface area contributed by atoms with Gasteiger partial charge in [-0.3, -0.25) is 4.79 Å². The van der Waals surface area contributed by atoms with Gasteiger partial charge >= 0.3 is 11.9 Å². The highest BCUT2D eigenvalue weighted by Gasteiger charge is 2.34. The number of nitrogens with one attached hydrogen (secondary N) is 4. The number of alkyl halides is 3. The number of pyridine rings is 1. The molecular formula is C20H18F3N5O3. The molecule has 3 aromatic rings. The molecule has 0 bridgehead atoms. The van der Waals surface area contributed by atoms with Crippen LogP contribution in [0.1, 0.15) is 23.1 Å². The molecule has 1 amide bonds. The summed E-state index contributed by atoms with van der Waals surface area (Å²) in [6, 6.07) is 7.08. The highest BCUT2D eigenvalue weighted by atomic mass is 19.4. The van der Waals surface area contributed by atoms with E-state index in [2.05, 4.69) is 25.6 Å². The van der Waals surface area contributed by atoms with Crippen molar-refractivity contribution in [3.05, 3.63) is 63.8 Å². The van der Waals surface area contributed by atoms with E-state index in [1.54, 1.807) is 18.2 Å². The lowest BCUT2D eigenvalue weighted by Crippen LogP contribution is -2.34. The van der Waals surface area contributed by atoms with E-state index >= 15 is 0 Å². The molecule has 1 atom stereocenters. The van der Waals surface area contributed by atoms with E-state index < -0.39 is 29.6 Å². The lowest BCUT2D eigenvalue weighted by molar-refractivity contribution is -0.141. The van der Waals surface area contributed by atoms with Gasteiger partial charge in [0.05, 0.1) is 29.0 Å². The van der Waals surface area contributed by atoms with Crippen molar-refractivity contribution >= 4 is 28.7 Å². The first-order valence-corrected chi connectivity index (χ1v) is 9.42. The topological polar surface area (TPSA) is 112 Å². The minimum atomic E-state index is -4.59. The van der Waals surface area contributed by atoms with E-state index in [1.807, 2.05) is 0 Å². The summed E-state index contributed by atoms with van der Waals surface area (Å²) < 4.78 is 44.9. The number of rotatable bonds is 4. The summed E-state index contributed by atoms with van der Waals surface area (Å²) in [5.41, 5.74) is 0.357. The Morgan fingerprint density at radius 2 is 2.06 bits per heavy atom. The van der Waals surface area contributed by atoms with Crippen LogP contribution in [0.4, 0.5) is 18.9 Å². The molecular weight excluding hydrogens is 415 g/mol. The van der Waals surface area contributed by atoms with Crippen molar-refractivity contribution in [3.63, 3.8) is 0 Å².